The zero-order valence-corrected chi connectivity index (χ0v) is 11.8. The largest absolute Gasteiger partial charge is 0.478 e. The van der Waals surface area contributed by atoms with Crippen LogP contribution in [0.5, 0.6) is 0 Å². The minimum absolute atomic E-state index is 0.557. The second kappa shape index (κ2) is 7.27. The summed E-state index contributed by atoms with van der Waals surface area (Å²) < 4.78 is 0. The van der Waals surface area contributed by atoms with Crippen molar-refractivity contribution in [1.82, 2.24) is 9.80 Å². The van der Waals surface area contributed by atoms with E-state index in [9.17, 15) is 19.2 Å². The maximum Gasteiger partial charge on any atom is 0.332 e. The van der Waals surface area contributed by atoms with Gasteiger partial charge in [-0.05, 0) is 0 Å². The molecule has 0 bridgehead atoms. The Morgan fingerprint density at radius 3 is 1.10 bits per heavy atom. The fraction of sp³-hybridized carbons (Fsp3) is 0.500. The molecule has 0 saturated carbocycles. The van der Waals surface area contributed by atoms with E-state index in [4.69, 9.17) is 10.2 Å². The summed E-state index contributed by atoms with van der Waals surface area (Å²) in [5.74, 6) is -4.16. The van der Waals surface area contributed by atoms with Gasteiger partial charge in [0.25, 0.3) is 0 Å². The van der Waals surface area contributed by atoms with E-state index in [2.05, 4.69) is 0 Å². The van der Waals surface area contributed by atoms with Crippen LogP contribution in [0.1, 0.15) is 12.8 Å². The van der Waals surface area contributed by atoms with Crippen molar-refractivity contribution in [3.63, 3.8) is 0 Å². The molecule has 0 aromatic carbocycles. The molecule has 0 unspecified atom stereocenters. The second-order valence-corrected chi connectivity index (χ2v) is 4.50. The summed E-state index contributed by atoms with van der Waals surface area (Å²) in [6, 6.07) is 0. The van der Waals surface area contributed by atoms with Crippen molar-refractivity contribution >= 4 is 23.8 Å². The molecule has 0 aliphatic rings. The highest BCUT2D eigenvalue weighted by Crippen LogP contribution is 2.16. The number of nitrogens with zero attached hydrogens (tertiary/aromatic N) is 2. The van der Waals surface area contributed by atoms with Crippen LogP contribution in [0.15, 0.2) is 11.1 Å². The molecule has 0 aliphatic heterocycles. The van der Waals surface area contributed by atoms with E-state index in [1.54, 1.807) is 0 Å². The number of aliphatic carboxylic acids is 2. The summed E-state index contributed by atoms with van der Waals surface area (Å²) in [4.78, 5) is 47.7. The SMILES string of the molecule is CN(C)C(=O)C/C(C(=O)O)=C(/CC(=O)N(C)C)C(=O)O. The number of hydrogen-bond acceptors (Lipinski definition) is 4. The van der Waals surface area contributed by atoms with E-state index in [0.717, 1.165) is 9.80 Å². The molecular weight excluding hydrogens is 268 g/mol. The summed E-state index contributed by atoms with van der Waals surface area (Å²) in [6.07, 6.45) is -1.16. The summed E-state index contributed by atoms with van der Waals surface area (Å²) in [7, 11) is 5.70. The smallest absolute Gasteiger partial charge is 0.332 e. The molecule has 8 nitrogen and oxygen atoms in total. The fourth-order valence-electron chi connectivity index (χ4n) is 1.24. The first kappa shape index (κ1) is 17.6. The number of carboxylic acid groups (broad SMARTS) is 2. The molecule has 0 saturated heterocycles. The molecule has 0 aliphatic carbocycles. The molecule has 2 amide bonds. The lowest BCUT2D eigenvalue weighted by Gasteiger charge is -2.14. The van der Waals surface area contributed by atoms with Gasteiger partial charge >= 0.3 is 11.9 Å². The van der Waals surface area contributed by atoms with Crippen molar-refractivity contribution in [2.24, 2.45) is 0 Å². The number of hydrogen-bond donors (Lipinski definition) is 2. The zero-order valence-electron chi connectivity index (χ0n) is 11.8. The molecular formula is C12H18N2O6. The predicted octanol–water partition coefficient (Wildman–Crippen LogP) is -0.591. The zero-order chi connectivity index (χ0) is 16.0. The number of carbonyl (C=O) groups is 4. The third-order valence-electron chi connectivity index (χ3n) is 2.53. The molecule has 0 atom stereocenters. The van der Waals surface area contributed by atoms with Crippen LogP contribution in [0, 0.1) is 0 Å². The number of amides is 2. The van der Waals surface area contributed by atoms with E-state index < -0.39 is 47.7 Å². The molecule has 2 N–H and O–H groups in total. The highest BCUT2D eigenvalue weighted by atomic mass is 16.4. The van der Waals surface area contributed by atoms with Crippen LogP contribution in [0.4, 0.5) is 0 Å². The van der Waals surface area contributed by atoms with Crippen LogP contribution in [-0.2, 0) is 19.2 Å². The van der Waals surface area contributed by atoms with Gasteiger partial charge in [0.2, 0.25) is 11.8 Å². The Labute approximate surface area is 116 Å². The van der Waals surface area contributed by atoms with Gasteiger partial charge in [-0.1, -0.05) is 0 Å². The van der Waals surface area contributed by atoms with E-state index in [1.807, 2.05) is 0 Å². The van der Waals surface area contributed by atoms with Gasteiger partial charge in [0, 0.05) is 28.2 Å². The molecule has 0 spiro atoms. The Morgan fingerprint density at radius 2 is 0.950 bits per heavy atom. The van der Waals surface area contributed by atoms with Crippen molar-refractivity contribution < 1.29 is 29.4 Å². The first-order valence-corrected chi connectivity index (χ1v) is 5.66. The van der Waals surface area contributed by atoms with Crippen LogP contribution < -0.4 is 0 Å². The Kier molecular flexibility index (Phi) is 6.40. The van der Waals surface area contributed by atoms with Gasteiger partial charge in [-0.3, -0.25) is 9.59 Å². The van der Waals surface area contributed by atoms with E-state index in [-0.39, 0.29) is 0 Å². The van der Waals surface area contributed by atoms with Crippen LogP contribution in [0.2, 0.25) is 0 Å². The molecule has 0 aromatic rings. The van der Waals surface area contributed by atoms with Gasteiger partial charge in [-0.15, -0.1) is 0 Å². The molecule has 112 valence electrons. The summed E-state index contributed by atoms with van der Waals surface area (Å²) >= 11 is 0. The molecule has 0 aromatic heterocycles. The average molecular weight is 286 g/mol. The monoisotopic (exact) mass is 286 g/mol. The summed E-state index contributed by atoms with van der Waals surface area (Å²) in [5, 5.41) is 18.1. The fourth-order valence-corrected chi connectivity index (χ4v) is 1.24. The minimum Gasteiger partial charge on any atom is -0.478 e. The molecule has 0 heterocycles. The van der Waals surface area contributed by atoms with E-state index in [0.29, 0.717) is 0 Å². The maximum atomic E-state index is 11.5. The highest BCUT2D eigenvalue weighted by molar-refractivity contribution is 6.04. The lowest BCUT2D eigenvalue weighted by molar-refractivity contribution is -0.138. The maximum absolute atomic E-state index is 11.5. The lowest BCUT2D eigenvalue weighted by atomic mass is 10.0. The van der Waals surface area contributed by atoms with Gasteiger partial charge in [-0.2, -0.15) is 0 Å². The Morgan fingerprint density at radius 1 is 0.700 bits per heavy atom. The van der Waals surface area contributed by atoms with Crippen molar-refractivity contribution in [3.8, 4) is 0 Å². The third kappa shape index (κ3) is 5.09. The van der Waals surface area contributed by atoms with Crippen LogP contribution in [0.3, 0.4) is 0 Å². The third-order valence-corrected chi connectivity index (χ3v) is 2.53. The van der Waals surface area contributed by atoms with Crippen LogP contribution in [0.25, 0.3) is 0 Å². The van der Waals surface area contributed by atoms with E-state index in [1.165, 1.54) is 28.2 Å². The van der Waals surface area contributed by atoms with E-state index >= 15 is 0 Å². The van der Waals surface area contributed by atoms with Gasteiger partial charge in [0.05, 0.1) is 24.0 Å². The Hall–Kier alpha value is -2.38. The number of rotatable bonds is 6. The summed E-state index contributed by atoms with van der Waals surface area (Å²) in [6.45, 7) is 0. The van der Waals surface area contributed by atoms with Gasteiger partial charge in [-0.25, -0.2) is 9.59 Å². The summed E-state index contributed by atoms with van der Waals surface area (Å²) in [5.41, 5.74) is -1.15. The van der Waals surface area contributed by atoms with Gasteiger partial charge in [0.15, 0.2) is 0 Å². The minimum atomic E-state index is -1.52. The van der Waals surface area contributed by atoms with Crippen molar-refractivity contribution in [1.29, 1.82) is 0 Å². The quantitative estimate of drug-likeness (QED) is 0.630. The normalized spacial score (nSPS) is 11.4. The van der Waals surface area contributed by atoms with Crippen molar-refractivity contribution in [3.05, 3.63) is 11.1 Å². The topological polar surface area (TPSA) is 115 Å². The first-order valence-electron chi connectivity index (χ1n) is 5.66. The number of carbonyl (C=O) groups excluding carboxylic acids is 2. The van der Waals surface area contributed by atoms with Gasteiger partial charge < -0.3 is 20.0 Å². The van der Waals surface area contributed by atoms with Crippen molar-refractivity contribution in [2.75, 3.05) is 28.2 Å². The molecule has 0 rings (SSSR count). The van der Waals surface area contributed by atoms with Crippen molar-refractivity contribution in [2.45, 2.75) is 12.8 Å². The molecule has 8 heteroatoms. The first-order chi connectivity index (χ1) is 9.07. The van der Waals surface area contributed by atoms with Crippen LogP contribution >= 0.6 is 0 Å². The second-order valence-electron chi connectivity index (χ2n) is 4.50. The van der Waals surface area contributed by atoms with Gasteiger partial charge in [0.1, 0.15) is 0 Å². The molecule has 0 radical (unpaired) electrons. The predicted molar refractivity (Wildman–Crippen MR) is 68.9 cm³/mol. The standard InChI is InChI=1S/C12H18N2O6/c1-13(2)9(15)5-7(11(17)18)8(12(19)20)6-10(16)14(3)4/h5-6H2,1-4H3,(H,17,18)(H,19,20)/b8-7+. The van der Waals surface area contributed by atoms with Crippen LogP contribution in [-0.4, -0.2) is 72.0 Å². The molecule has 20 heavy (non-hydrogen) atoms. The molecule has 0 fully saturated rings. The Balaban J connectivity index is 5.57. The average Bonchev–Trinajstić information content (AvgIpc) is 2.31. The Bertz CT molecular complexity index is 423. The number of carboxylic acids is 2. The lowest BCUT2D eigenvalue weighted by Crippen LogP contribution is -2.27. The highest BCUT2D eigenvalue weighted by Gasteiger charge is 2.25.